The van der Waals surface area contributed by atoms with Gasteiger partial charge in [-0.3, -0.25) is 14.6 Å². The molecule has 1 saturated heterocycles. The van der Waals surface area contributed by atoms with Gasteiger partial charge in [0.15, 0.2) is 5.13 Å². The number of aliphatic carboxylic acids is 2. The van der Waals surface area contributed by atoms with Crippen molar-refractivity contribution in [2.24, 2.45) is 0 Å². The van der Waals surface area contributed by atoms with E-state index in [1.165, 1.54) is 22.0 Å². The normalized spacial score (nSPS) is 15.0. The molecule has 0 aliphatic carbocycles. The zero-order valence-electron chi connectivity index (χ0n) is 18.6. The summed E-state index contributed by atoms with van der Waals surface area (Å²) >= 11 is 3.22. The van der Waals surface area contributed by atoms with E-state index in [9.17, 15) is 4.79 Å². The van der Waals surface area contributed by atoms with Crippen molar-refractivity contribution in [1.82, 2.24) is 19.8 Å². The van der Waals surface area contributed by atoms with E-state index in [4.69, 9.17) is 24.8 Å². The van der Waals surface area contributed by atoms with Crippen LogP contribution in [0, 0.1) is 6.92 Å². The Hall–Kier alpha value is -2.41. The van der Waals surface area contributed by atoms with Gasteiger partial charge in [0.25, 0.3) is 0 Å². The van der Waals surface area contributed by atoms with E-state index in [1.54, 1.807) is 11.3 Å². The van der Waals surface area contributed by atoms with E-state index in [0.717, 1.165) is 38.4 Å². The third-order valence-electron chi connectivity index (χ3n) is 4.56. The monoisotopic (exact) mass is 483 g/mol. The fourth-order valence-electron chi connectivity index (χ4n) is 2.80. The van der Waals surface area contributed by atoms with Crippen molar-refractivity contribution in [3.63, 3.8) is 0 Å². The number of thiazole rings is 2. The molecule has 0 atom stereocenters. The van der Waals surface area contributed by atoms with Crippen molar-refractivity contribution in [3.8, 4) is 0 Å². The Balaban J connectivity index is 0.000000534. The van der Waals surface area contributed by atoms with Crippen molar-refractivity contribution in [2.75, 3.05) is 38.0 Å². The Morgan fingerprint density at radius 1 is 1.00 bits per heavy atom. The summed E-state index contributed by atoms with van der Waals surface area (Å²) in [5, 5.41) is 23.7. The lowest BCUT2D eigenvalue weighted by Gasteiger charge is -2.33. The minimum atomic E-state index is -1.82. The van der Waals surface area contributed by atoms with Gasteiger partial charge in [0.1, 0.15) is 5.01 Å². The minimum absolute atomic E-state index is 0.0162. The molecule has 3 rings (SSSR count). The van der Waals surface area contributed by atoms with E-state index in [0.29, 0.717) is 11.7 Å². The second-order valence-corrected chi connectivity index (χ2v) is 10.2. The molecule has 0 bridgehead atoms. The molecule has 1 aliphatic heterocycles. The van der Waals surface area contributed by atoms with Crippen molar-refractivity contribution in [2.45, 2.75) is 39.7 Å². The molecule has 0 radical (unpaired) electrons. The summed E-state index contributed by atoms with van der Waals surface area (Å²) in [6, 6.07) is 0. The third kappa shape index (κ3) is 8.61. The summed E-state index contributed by atoms with van der Waals surface area (Å²) in [7, 11) is 0. The van der Waals surface area contributed by atoms with Crippen LogP contribution in [0.2, 0.25) is 0 Å². The Bertz CT molecular complexity index is 917. The highest BCUT2D eigenvalue weighted by molar-refractivity contribution is 7.13. The third-order valence-corrected chi connectivity index (χ3v) is 6.27. The lowest BCUT2D eigenvalue weighted by Crippen LogP contribution is -2.48. The molecule has 10 nitrogen and oxygen atoms in total. The first-order valence-corrected chi connectivity index (χ1v) is 11.8. The highest BCUT2D eigenvalue weighted by atomic mass is 32.1. The van der Waals surface area contributed by atoms with Crippen LogP contribution in [0.25, 0.3) is 0 Å². The second-order valence-electron chi connectivity index (χ2n) is 8.38. The van der Waals surface area contributed by atoms with Crippen molar-refractivity contribution in [3.05, 3.63) is 27.2 Å². The van der Waals surface area contributed by atoms with Crippen LogP contribution in [0.4, 0.5) is 5.13 Å². The van der Waals surface area contributed by atoms with E-state index in [-0.39, 0.29) is 11.3 Å². The summed E-state index contributed by atoms with van der Waals surface area (Å²) in [5.41, 5.74) is 2.22. The Kier molecular flexibility index (Phi) is 9.25. The Morgan fingerprint density at radius 3 is 2.06 bits per heavy atom. The summed E-state index contributed by atoms with van der Waals surface area (Å²) < 4.78 is 0. The number of amides is 1. The van der Waals surface area contributed by atoms with Gasteiger partial charge in [0.2, 0.25) is 5.91 Å². The molecule has 0 spiro atoms. The van der Waals surface area contributed by atoms with E-state index in [1.807, 2.05) is 12.3 Å². The number of rotatable bonds is 5. The predicted octanol–water partition coefficient (Wildman–Crippen LogP) is 2.12. The van der Waals surface area contributed by atoms with Crippen LogP contribution in [0.5, 0.6) is 0 Å². The Morgan fingerprint density at radius 2 is 1.59 bits per heavy atom. The number of aryl methyl sites for hydroxylation is 1. The van der Waals surface area contributed by atoms with Gasteiger partial charge in [-0.15, -0.1) is 22.7 Å². The number of anilines is 1. The van der Waals surface area contributed by atoms with Crippen LogP contribution in [-0.4, -0.2) is 80.6 Å². The highest BCUT2D eigenvalue weighted by Crippen LogP contribution is 2.24. The number of nitrogens with zero attached hydrogens (tertiary/aromatic N) is 4. The smallest absolute Gasteiger partial charge is 0.414 e. The lowest BCUT2D eigenvalue weighted by atomic mass is 9.93. The highest BCUT2D eigenvalue weighted by Gasteiger charge is 2.22. The van der Waals surface area contributed by atoms with Crippen molar-refractivity contribution >= 4 is 45.7 Å². The molecule has 1 aliphatic rings. The molecule has 0 unspecified atom stereocenters. The number of hydrogen-bond acceptors (Lipinski definition) is 9. The van der Waals surface area contributed by atoms with Gasteiger partial charge in [-0.1, -0.05) is 20.8 Å². The van der Waals surface area contributed by atoms with Gasteiger partial charge >= 0.3 is 11.9 Å². The summed E-state index contributed by atoms with van der Waals surface area (Å²) in [4.78, 5) is 44.0. The largest absolute Gasteiger partial charge is 0.473 e. The zero-order valence-corrected chi connectivity index (χ0v) is 20.3. The average Bonchev–Trinajstić information content (AvgIpc) is 3.32. The molecular formula is C20H29N5O5S2. The first kappa shape index (κ1) is 25.8. The number of carbonyl (C=O) groups excluding carboxylic acids is 1. The van der Waals surface area contributed by atoms with Crippen LogP contribution >= 0.6 is 22.7 Å². The summed E-state index contributed by atoms with van der Waals surface area (Å²) in [6.07, 6.45) is 0. The fourth-order valence-corrected chi connectivity index (χ4v) is 4.56. The van der Waals surface area contributed by atoms with E-state index < -0.39 is 11.9 Å². The molecule has 2 aromatic rings. The SMILES string of the molecule is Cc1csc(NC(=O)CN2CCN(Cc3nc(C(C)(C)C)cs3)CC2)n1.O=C(O)C(=O)O. The number of hydrogen-bond donors (Lipinski definition) is 3. The second kappa shape index (κ2) is 11.5. The zero-order chi connectivity index (χ0) is 23.9. The molecule has 3 N–H and O–H groups in total. The molecule has 12 heteroatoms. The molecular weight excluding hydrogens is 454 g/mol. The molecule has 0 saturated carbocycles. The van der Waals surface area contributed by atoms with Gasteiger partial charge in [-0.25, -0.2) is 19.6 Å². The molecule has 0 aromatic carbocycles. The van der Waals surface area contributed by atoms with Crippen LogP contribution in [0.15, 0.2) is 10.8 Å². The predicted molar refractivity (Wildman–Crippen MR) is 123 cm³/mol. The maximum absolute atomic E-state index is 12.2. The van der Waals surface area contributed by atoms with Crippen LogP contribution < -0.4 is 5.32 Å². The number of carboxylic acid groups (broad SMARTS) is 2. The number of nitrogens with one attached hydrogen (secondary N) is 1. The number of piperazine rings is 1. The summed E-state index contributed by atoms with van der Waals surface area (Å²) in [5.74, 6) is -3.63. The average molecular weight is 484 g/mol. The number of carboxylic acids is 2. The maximum Gasteiger partial charge on any atom is 0.414 e. The van der Waals surface area contributed by atoms with Gasteiger partial charge < -0.3 is 15.5 Å². The molecule has 176 valence electrons. The first-order chi connectivity index (χ1) is 14.9. The molecule has 2 aromatic heterocycles. The standard InChI is InChI=1S/C18H27N5OS2.C2H2O4/c1-13-11-26-17(19-13)21-15(24)9-22-5-7-23(8-6-22)10-16-20-14(12-25-16)18(2,3)4;3-1(4)2(5)6/h11-12H,5-10H2,1-4H3,(H,19,21,24);(H,3,4)(H,5,6). The Labute approximate surface area is 194 Å². The molecule has 32 heavy (non-hydrogen) atoms. The molecule has 3 heterocycles. The quantitative estimate of drug-likeness (QED) is 0.546. The van der Waals surface area contributed by atoms with Crippen LogP contribution in [0.1, 0.15) is 37.2 Å². The number of carbonyl (C=O) groups is 3. The van der Waals surface area contributed by atoms with Gasteiger partial charge in [0, 0.05) is 42.4 Å². The van der Waals surface area contributed by atoms with Crippen molar-refractivity contribution < 1.29 is 24.6 Å². The van der Waals surface area contributed by atoms with E-state index >= 15 is 0 Å². The maximum atomic E-state index is 12.2. The van der Waals surface area contributed by atoms with Gasteiger partial charge in [-0.05, 0) is 6.92 Å². The molecule has 1 amide bonds. The first-order valence-electron chi connectivity index (χ1n) is 10.0. The van der Waals surface area contributed by atoms with Crippen LogP contribution in [0.3, 0.4) is 0 Å². The van der Waals surface area contributed by atoms with Crippen molar-refractivity contribution in [1.29, 1.82) is 0 Å². The topological polar surface area (TPSA) is 136 Å². The van der Waals surface area contributed by atoms with Gasteiger partial charge in [0.05, 0.1) is 24.5 Å². The minimum Gasteiger partial charge on any atom is -0.473 e. The summed E-state index contributed by atoms with van der Waals surface area (Å²) in [6.45, 7) is 13.6. The molecule has 1 fully saturated rings. The number of aromatic nitrogens is 2. The van der Waals surface area contributed by atoms with E-state index in [2.05, 4.69) is 46.3 Å². The fraction of sp³-hybridized carbons (Fsp3) is 0.550. The van der Waals surface area contributed by atoms with Crippen LogP contribution in [-0.2, 0) is 26.3 Å². The lowest BCUT2D eigenvalue weighted by molar-refractivity contribution is -0.159. The van der Waals surface area contributed by atoms with Gasteiger partial charge in [-0.2, -0.15) is 0 Å².